The normalized spacial score (nSPS) is 15.4. The monoisotopic (exact) mass is 521 g/mol. The molecule has 8 nitrogen and oxygen atoms in total. The lowest BCUT2D eigenvalue weighted by molar-refractivity contribution is -0.143. The SMILES string of the molecule is CCOC(=O)CCCCCOCC1=C(C(=O)OCC)C(c2ccccc2Cl)C(C(=O)OCC)=C(C)N1. The highest BCUT2D eigenvalue weighted by Gasteiger charge is 2.39. The van der Waals surface area contributed by atoms with Gasteiger partial charge in [0.05, 0.1) is 49.2 Å². The van der Waals surface area contributed by atoms with Gasteiger partial charge in [0.2, 0.25) is 0 Å². The third kappa shape index (κ3) is 8.10. The van der Waals surface area contributed by atoms with Gasteiger partial charge in [-0.25, -0.2) is 9.59 Å². The number of rotatable bonds is 14. The number of allylic oxidation sites excluding steroid dienone is 1. The van der Waals surface area contributed by atoms with E-state index < -0.39 is 17.9 Å². The van der Waals surface area contributed by atoms with Crippen LogP contribution in [0.2, 0.25) is 5.02 Å². The number of unbranched alkanes of at least 4 members (excludes halogenated alkanes) is 2. The van der Waals surface area contributed by atoms with Gasteiger partial charge in [-0.05, 0) is 52.2 Å². The topological polar surface area (TPSA) is 100 Å². The Balaban J connectivity index is 2.27. The third-order valence-corrected chi connectivity index (χ3v) is 5.92. The molecule has 0 bridgehead atoms. The number of ether oxygens (including phenoxy) is 4. The van der Waals surface area contributed by atoms with Crippen LogP contribution in [0, 0.1) is 0 Å². The molecule has 1 aliphatic heterocycles. The summed E-state index contributed by atoms with van der Waals surface area (Å²) in [4.78, 5) is 37.6. The fourth-order valence-electron chi connectivity index (χ4n) is 4.02. The molecule has 1 aromatic carbocycles. The number of halogens is 1. The van der Waals surface area contributed by atoms with E-state index in [2.05, 4.69) is 5.32 Å². The first-order valence-electron chi connectivity index (χ1n) is 12.4. The molecule has 1 aliphatic rings. The van der Waals surface area contributed by atoms with Crippen molar-refractivity contribution in [3.05, 3.63) is 57.4 Å². The largest absolute Gasteiger partial charge is 0.466 e. The molecule has 0 fully saturated rings. The highest BCUT2D eigenvalue weighted by Crippen LogP contribution is 2.41. The van der Waals surface area contributed by atoms with Crippen molar-refractivity contribution in [1.82, 2.24) is 5.32 Å². The number of nitrogens with one attached hydrogen (secondary N) is 1. The number of carbonyl (C=O) groups is 3. The Labute approximate surface area is 218 Å². The molecule has 0 radical (unpaired) electrons. The van der Waals surface area contributed by atoms with E-state index >= 15 is 0 Å². The Kier molecular flexibility index (Phi) is 12.5. The van der Waals surface area contributed by atoms with Crippen LogP contribution in [0.3, 0.4) is 0 Å². The molecule has 0 saturated carbocycles. The molecule has 36 heavy (non-hydrogen) atoms. The summed E-state index contributed by atoms with van der Waals surface area (Å²) in [7, 11) is 0. The molecule has 0 aromatic heterocycles. The number of hydrogen-bond donors (Lipinski definition) is 1. The molecule has 1 aromatic rings. The third-order valence-electron chi connectivity index (χ3n) is 5.57. The lowest BCUT2D eigenvalue weighted by Gasteiger charge is -2.32. The van der Waals surface area contributed by atoms with E-state index in [1.54, 1.807) is 52.0 Å². The van der Waals surface area contributed by atoms with Gasteiger partial charge in [-0.3, -0.25) is 4.79 Å². The molecule has 1 heterocycles. The zero-order valence-electron chi connectivity index (χ0n) is 21.5. The summed E-state index contributed by atoms with van der Waals surface area (Å²) < 4.78 is 21.5. The first-order valence-corrected chi connectivity index (χ1v) is 12.8. The Hall–Kier alpha value is -2.84. The molecule has 1 unspecified atom stereocenters. The predicted molar refractivity (Wildman–Crippen MR) is 136 cm³/mol. The van der Waals surface area contributed by atoms with Gasteiger partial charge < -0.3 is 24.3 Å². The average Bonchev–Trinajstić information content (AvgIpc) is 2.83. The van der Waals surface area contributed by atoms with Gasteiger partial charge in [-0.15, -0.1) is 0 Å². The predicted octanol–water partition coefficient (Wildman–Crippen LogP) is 4.82. The van der Waals surface area contributed by atoms with Gasteiger partial charge in [-0.2, -0.15) is 0 Å². The number of esters is 3. The van der Waals surface area contributed by atoms with Crippen LogP contribution in [-0.4, -0.2) is 50.9 Å². The van der Waals surface area contributed by atoms with Crippen LogP contribution in [0.25, 0.3) is 0 Å². The number of benzene rings is 1. The highest BCUT2D eigenvalue weighted by atomic mass is 35.5. The van der Waals surface area contributed by atoms with Crippen LogP contribution in [0.4, 0.5) is 0 Å². The maximum absolute atomic E-state index is 13.2. The van der Waals surface area contributed by atoms with Crippen LogP contribution < -0.4 is 5.32 Å². The summed E-state index contributed by atoms with van der Waals surface area (Å²) in [5.41, 5.74) is 2.23. The van der Waals surface area contributed by atoms with E-state index in [9.17, 15) is 14.4 Å². The molecule has 9 heteroatoms. The zero-order valence-corrected chi connectivity index (χ0v) is 22.2. The van der Waals surface area contributed by atoms with Crippen molar-refractivity contribution < 1.29 is 33.3 Å². The highest BCUT2D eigenvalue weighted by molar-refractivity contribution is 6.31. The van der Waals surface area contributed by atoms with Crippen LogP contribution in [0.1, 0.15) is 64.9 Å². The minimum Gasteiger partial charge on any atom is -0.466 e. The molecular formula is C27H36ClNO7. The van der Waals surface area contributed by atoms with Crippen molar-refractivity contribution in [2.45, 2.75) is 59.3 Å². The second kappa shape index (κ2) is 15.3. The molecule has 0 amide bonds. The second-order valence-corrected chi connectivity index (χ2v) is 8.53. The van der Waals surface area contributed by atoms with Crippen molar-refractivity contribution in [3.8, 4) is 0 Å². The Morgan fingerprint density at radius 2 is 1.53 bits per heavy atom. The summed E-state index contributed by atoms with van der Waals surface area (Å²) >= 11 is 6.53. The van der Waals surface area contributed by atoms with E-state index in [0.29, 0.717) is 47.2 Å². The lowest BCUT2D eigenvalue weighted by Crippen LogP contribution is -2.35. The number of carbonyl (C=O) groups excluding carboxylic acids is 3. The summed E-state index contributed by atoms with van der Waals surface area (Å²) in [5.74, 6) is -2.06. The first-order chi connectivity index (χ1) is 17.3. The van der Waals surface area contributed by atoms with E-state index in [0.717, 1.165) is 19.3 Å². The van der Waals surface area contributed by atoms with E-state index in [-0.39, 0.29) is 31.4 Å². The van der Waals surface area contributed by atoms with E-state index in [1.165, 1.54) is 0 Å². The second-order valence-electron chi connectivity index (χ2n) is 8.12. The summed E-state index contributed by atoms with van der Waals surface area (Å²) in [6.45, 7) is 8.28. The van der Waals surface area contributed by atoms with Crippen LogP contribution in [0.5, 0.6) is 0 Å². The van der Waals surface area contributed by atoms with Crippen LogP contribution in [0.15, 0.2) is 46.8 Å². The standard InChI is InChI=1S/C27H36ClNO7/c1-5-34-22(30)15-9-8-12-16-33-17-21-25(27(32)36-7-3)24(19-13-10-11-14-20(19)28)23(18(4)29-21)26(31)35-6-2/h10-11,13-14,24,29H,5-9,12,15-17H2,1-4H3. The van der Waals surface area contributed by atoms with Gasteiger partial charge in [0.25, 0.3) is 0 Å². The van der Waals surface area contributed by atoms with Crippen molar-refractivity contribution >= 4 is 29.5 Å². The summed E-state index contributed by atoms with van der Waals surface area (Å²) in [5, 5.41) is 3.59. The van der Waals surface area contributed by atoms with Gasteiger partial charge in [0, 0.05) is 23.7 Å². The smallest absolute Gasteiger partial charge is 0.336 e. The van der Waals surface area contributed by atoms with Crippen LogP contribution in [-0.2, 0) is 33.3 Å². The minimum absolute atomic E-state index is 0.112. The van der Waals surface area contributed by atoms with Crippen LogP contribution >= 0.6 is 11.6 Å². The van der Waals surface area contributed by atoms with Gasteiger partial charge in [-0.1, -0.05) is 36.2 Å². The summed E-state index contributed by atoms with van der Waals surface area (Å²) in [6.07, 6.45) is 2.66. The van der Waals surface area contributed by atoms with Crippen molar-refractivity contribution in [3.63, 3.8) is 0 Å². The fraction of sp³-hybridized carbons (Fsp3) is 0.519. The molecule has 0 aliphatic carbocycles. The number of hydrogen-bond acceptors (Lipinski definition) is 8. The maximum atomic E-state index is 13.2. The Morgan fingerprint density at radius 1 is 0.889 bits per heavy atom. The molecule has 0 saturated heterocycles. The van der Waals surface area contributed by atoms with Gasteiger partial charge >= 0.3 is 17.9 Å². The Morgan fingerprint density at radius 3 is 2.17 bits per heavy atom. The molecule has 1 atom stereocenters. The summed E-state index contributed by atoms with van der Waals surface area (Å²) in [6, 6.07) is 7.09. The van der Waals surface area contributed by atoms with E-state index in [1.807, 2.05) is 0 Å². The molecule has 0 spiro atoms. The van der Waals surface area contributed by atoms with Crippen molar-refractivity contribution in [1.29, 1.82) is 0 Å². The molecule has 198 valence electrons. The zero-order chi connectivity index (χ0) is 26.5. The van der Waals surface area contributed by atoms with Crippen molar-refractivity contribution in [2.75, 3.05) is 33.0 Å². The average molecular weight is 522 g/mol. The maximum Gasteiger partial charge on any atom is 0.336 e. The molecular weight excluding hydrogens is 486 g/mol. The van der Waals surface area contributed by atoms with Gasteiger partial charge in [0.15, 0.2) is 0 Å². The van der Waals surface area contributed by atoms with Gasteiger partial charge in [0.1, 0.15) is 0 Å². The van der Waals surface area contributed by atoms with Crippen molar-refractivity contribution in [2.24, 2.45) is 0 Å². The lowest BCUT2D eigenvalue weighted by atomic mass is 9.80. The number of dihydropyridines is 1. The fourth-order valence-corrected chi connectivity index (χ4v) is 4.26. The molecule has 1 N–H and O–H groups in total. The minimum atomic E-state index is -0.777. The Bertz CT molecular complexity index is 986. The quantitative estimate of drug-likeness (QED) is 0.211. The van der Waals surface area contributed by atoms with E-state index in [4.69, 9.17) is 30.5 Å². The molecule has 2 rings (SSSR count). The first kappa shape index (κ1) is 29.4.